The molecule has 0 spiro atoms. The molecule has 0 fully saturated rings. The third kappa shape index (κ3) is 6.40. The molecule has 1 heterocycles. The molecule has 156 valence electrons. The van der Waals surface area contributed by atoms with E-state index in [1.165, 1.54) is 4.88 Å². The van der Waals surface area contributed by atoms with E-state index in [1.807, 2.05) is 19.1 Å². The number of halogens is 1. The number of nitrogens with zero attached hydrogens (tertiary/aromatic N) is 2. The fourth-order valence-electron chi connectivity index (χ4n) is 2.62. The van der Waals surface area contributed by atoms with Crippen LogP contribution in [-0.4, -0.2) is 45.9 Å². The Morgan fingerprint density at radius 3 is 2.18 bits per heavy atom. The maximum absolute atomic E-state index is 5.49. The van der Waals surface area contributed by atoms with Gasteiger partial charge in [-0.3, -0.25) is 4.99 Å². The van der Waals surface area contributed by atoms with E-state index in [1.54, 1.807) is 39.7 Å². The summed E-state index contributed by atoms with van der Waals surface area (Å²) in [6, 6.07) is 3.72. The molecule has 0 aliphatic heterocycles. The van der Waals surface area contributed by atoms with Gasteiger partial charge in [0.15, 0.2) is 5.96 Å². The smallest absolute Gasteiger partial charge is 0.191 e. The Morgan fingerprint density at radius 1 is 1.07 bits per heavy atom. The molecule has 0 radical (unpaired) electrons. The van der Waals surface area contributed by atoms with Gasteiger partial charge in [-0.2, -0.15) is 0 Å². The Balaban J connectivity index is 0.00000392. The summed E-state index contributed by atoms with van der Waals surface area (Å²) in [5, 5.41) is 7.65. The molecular formula is C19H29IN4O3S. The van der Waals surface area contributed by atoms with Crippen LogP contribution in [0.15, 0.2) is 17.1 Å². The number of rotatable bonds is 8. The van der Waals surface area contributed by atoms with E-state index in [4.69, 9.17) is 14.2 Å². The summed E-state index contributed by atoms with van der Waals surface area (Å²) >= 11 is 1.70. The van der Waals surface area contributed by atoms with Gasteiger partial charge < -0.3 is 24.8 Å². The quantitative estimate of drug-likeness (QED) is 0.316. The van der Waals surface area contributed by atoms with Crippen molar-refractivity contribution in [1.82, 2.24) is 15.6 Å². The van der Waals surface area contributed by atoms with Gasteiger partial charge in [-0.05, 0) is 20.3 Å². The van der Waals surface area contributed by atoms with Crippen LogP contribution in [0.5, 0.6) is 17.2 Å². The summed E-state index contributed by atoms with van der Waals surface area (Å²) in [5.74, 6) is 2.91. The van der Waals surface area contributed by atoms with Crippen molar-refractivity contribution in [2.75, 3.05) is 34.9 Å². The highest BCUT2D eigenvalue weighted by Gasteiger charge is 2.13. The Kier molecular flexibility index (Phi) is 10.4. The molecule has 1 aromatic carbocycles. The SMILES string of the molecule is CN=C(NCCc1c(OC)cc(OC)cc1OC)NCc1nc(C)c(C)s1.I. The van der Waals surface area contributed by atoms with E-state index in [-0.39, 0.29) is 24.0 Å². The molecule has 9 heteroatoms. The second-order valence-corrected chi connectivity index (χ2v) is 7.15. The first-order chi connectivity index (χ1) is 13.0. The Labute approximate surface area is 187 Å². The molecule has 0 bridgehead atoms. The zero-order valence-corrected chi connectivity index (χ0v) is 20.4. The number of hydrogen-bond donors (Lipinski definition) is 2. The zero-order valence-electron chi connectivity index (χ0n) is 17.2. The third-order valence-electron chi connectivity index (χ3n) is 4.19. The van der Waals surface area contributed by atoms with Gasteiger partial charge in [-0.25, -0.2) is 4.98 Å². The lowest BCUT2D eigenvalue weighted by atomic mass is 10.1. The lowest BCUT2D eigenvalue weighted by molar-refractivity contribution is 0.368. The first-order valence-corrected chi connectivity index (χ1v) is 9.50. The minimum Gasteiger partial charge on any atom is -0.496 e. The first-order valence-electron chi connectivity index (χ1n) is 8.68. The molecule has 0 atom stereocenters. The average molecular weight is 520 g/mol. The first kappa shape index (κ1) is 24.3. The van der Waals surface area contributed by atoms with Crippen molar-refractivity contribution >= 4 is 41.3 Å². The number of benzene rings is 1. The topological polar surface area (TPSA) is 77.0 Å². The molecule has 2 rings (SSSR count). The summed E-state index contributed by atoms with van der Waals surface area (Å²) in [6.45, 7) is 5.43. The van der Waals surface area contributed by atoms with E-state index < -0.39 is 0 Å². The summed E-state index contributed by atoms with van der Waals surface area (Å²) in [6.07, 6.45) is 0.715. The van der Waals surface area contributed by atoms with Crippen LogP contribution in [0.1, 0.15) is 21.1 Å². The molecule has 2 N–H and O–H groups in total. The van der Waals surface area contributed by atoms with E-state index >= 15 is 0 Å². The highest BCUT2D eigenvalue weighted by Crippen LogP contribution is 2.34. The van der Waals surface area contributed by atoms with Crippen LogP contribution in [0.3, 0.4) is 0 Å². The molecule has 1 aromatic heterocycles. The van der Waals surface area contributed by atoms with Crippen LogP contribution in [0.2, 0.25) is 0 Å². The molecule has 0 aliphatic carbocycles. The third-order valence-corrected chi connectivity index (χ3v) is 5.26. The number of aryl methyl sites for hydroxylation is 2. The highest BCUT2D eigenvalue weighted by molar-refractivity contribution is 14.0. The number of aromatic nitrogens is 1. The van der Waals surface area contributed by atoms with Gasteiger partial charge in [0.2, 0.25) is 0 Å². The number of thiazole rings is 1. The Bertz CT molecular complexity index is 751. The van der Waals surface area contributed by atoms with E-state index in [9.17, 15) is 0 Å². The summed E-state index contributed by atoms with van der Waals surface area (Å²) in [7, 11) is 6.66. The number of guanidine groups is 1. The van der Waals surface area contributed by atoms with Crippen LogP contribution in [0.25, 0.3) is 0 Å². The number of aliphatic imine (C=N–C) groups is 1. The Morgan fingerprint density at radius 2 is 1.71 bits per heavy atom. The van der Waals surface area contributed by atoms with Gasteiger partial charge in [0.05, 0.1) is 33.6 Å². The van der Waals surface area contributed by atoms with Crippen molar-refractivity contribution in [1.29, 1.82) is 0 Å². The standard InChI is InChI=1S/C19H28N4O3S.HI/c1-12-13(2)27-18(23-12)11-22-19(20-3)21-8-7-15-16(25-5)9-14(24-4)10-17(15)26-6;/h9-10H,7-8,11H2,1-6H3,(H2,20,21,22);1H. The van der Waals surface area contributed by atoms with E-state index in [0.29, 0.717) is 25.3 Å². The molecule has 28 heavy (non-hydrogen) atoms. The van der Waals surface area contributed by atoms with Gasteiger partial charge in [0.25, 0.3) is 0 Å². The van der Waals surface area contributed by atoms with Crippen LogP contribution in [-0.2, 0) is 13.0 Å². The van der Waals surface area contributed by atoms with Crippen LogP contribution >= 0.6 is 35.3 Å². The minimum absolute atomic E-state index is 0. The van der Waals surface area contributed by atoms with E-state index in [2.05, 4.69) is 27.5 Å². The summed E-state index contributed by atoms with van der Waals surface area (Å²) in [4.78, 5) is 10.0. The molecule has 7 nitrogen and oxygen atoms in total. The monoisotopic (exact) mass is 520 g/mol. The fourth-order valence-corrected chi connectivity index (χ4v) is 3.50. The Hall–Kier alpha value is -1.75. The summed E-state index contributed by atoms with van der Waals surface area (Å²) in [5.41, 5.74) is 2.06. The zero-order chi connectivity index (χ0) is 19.8. The van der Waals surface area contributed by atoms with Gasteiger partial charge in [0.1, 0.15) is 22.3 Å². The molecule has 0 amide bonds. The lowest BCUT2D eigenvalue weighted by Gasteiger charge is -2.16. The average Bonchev–Trinajstić information content (AvgIpc) is 3.01. The van der Waals surface area contributed by atoms with Crippen molar-refractivity contribution in [2.45, 2.75) is 26.8 Å². The number of methoxy groups -OCH3 is 3. The van der Waals surface area contributed by atoms with Gasteiger partial charge in [0, 0.05) is 36.2 Å². The normalized spacial score (nSPS) is 10.9. The van der Waals surface area contributed by atoms with Crippen molar-refractivity contribution < 1.29 is 14.2 Å². The number of ether oxygens (including phenoxy) is 3. The maximum atomic E-state index is 5.49. The highest BCUT2D eigenvalue weighted by atomic mass is 127. The van der Waals surface area contributed by atoms with Crippen LogP contribution in [0.4, 0.5) is 0 Å². The second-order valence-electron chi connectivity index (χ2n) is 5.86. The van der Waals surface area contributed by atoms with Crippen molar-refractivity contribution in [3.8, 4) is 17.2 Å². The molecule has 0 aliphatic rings. The number of nitrogens with one attached hydrogen (secondary N) is 2. The summed E-state index contributed by atoms with van der Waals surface area (Å²) < 4.78 is 16.3. The predicted molar refractivity (Wildman–Crippen MR) is 125 cm³/mol. The largest absolute Gasteiger partial charge is 0.496 e. The van der Waals surface area contributed by atoms with E-state index in [0.717, 1.165) is 33.7 Å². The van der Waals surface area contributed by atoms with Crippen molar-refractivity contribution in [3.63, 3.8) is 0 Å². The lowest BCUT2D eigenvalue weighted by Crippen LogP contribution is -2.37. The van der Waals surface area contributed by atoms with Crippen molar-refractivity contribution in [2.24, 2.45) is 4.99 Å². The predicted octanol–water partition coefficient (Wildman–Crippen LogP) is 3.31. The van der Waals surface area contributed by atoms with Gasteiger partial charge in [-0.1, -0.05) is 0 Å². The maximum Gasteiger partial charge on any atom is 0.191 e. The minimum atomic E-state index is 0. The molecule has 2 aromatic rings. The molecule has 0 saturated heterocycles. The fraction of sp³-hybridized carbons (Fsp3) is 0.474. The molecule has 0 saturated carbocycles. The van der Waals surface area contributed by atoms with Crippen LogP contribution < -0.4 is 24.8 Å². The molecular weight excluding hydrogens is 491 g/mol. The van der Waals surface area contributed by atoms with Crippen LogP contribution in [0, 0.1) is 13.8 Å². The van der Waals surface area contributed by atoms with Crippen molar-refractivity contribution in [3.05, 3.63) is 33.3 Å². The van der Waals surface area contributed by atoms with Gasteiger partial charge in [-0.15, -0.1) is 35.3 Å². The number of hydrogen-bond acceptors (Lipinski definition) is 6. The van der Waals surface area contributed by atoms with Gasteiger partial charge >= 0.3 is 0 Å². The second kappa shape index (κ2) is 11.9. The molecule has 0 unspecified atom stereocenters.